The van der Waals surface area contributed by atoms with Gasteiger partial charge in [0.05, 0.1) is 5.56 Å². The largest absolute Gasteiger partial charge is 0.371 e. The fourth-order valence-corrected chi connectivity index (χ4v) is 4.22. The highest BCUT2D eigenvalue weighted by atomic mass is 19.1. The molecule has 0 unspecified atom stereocenters. The van der Waals surface area contributed by atoms with E-state index < -0.39 is 0 Å². The molecule has 1 aliphatic heterocycles. The maximum absolute atomic E-state index is 13.4. The highest BCUT2D eigenvalue weighted by Crippen LogP contribution is 2.25. The minimum atomic E-state index is -0.320. The molecule has 2 N–H and O–H groups in total. The smallest absolute Gasteiger partial charge is 0.253 e. The molecule has 0 radical (unpaired) electrons. The second kappa shape index (κ2) is 10.3. The number of anilines is 1. The number of amides is 2. The fraction of sp³-hybridized carbons (Fsp3) is 0.259. The van der Waals surface area contributed by atoms with E-state index in [1.54, 1.807) is 12.1 Å². The van der Waals surface area contributed by atoms with E-state index in [4.69, 9.17) is 0 Å². The van der Waals surface area contributed by atoms with Crippen molar-refractivity contribution in [2.24, 2.45) is 0 Å². The zero-order valence-corrected chi connectivity index (χ0v) is 18.7. The van der Waals surface area contributed by atoms with Crippen LogP contribution in [0.4, 0.5) is 10.1 Å². The number of carbonyl (C=O) groups is 2. The van der Waals surface area contributed by atoms with Gasteiger partial charge in [-0.25, -0.2) is 4.39 Å². The van der Waals surface area contributed by atoms with Crippen LogP contribution >= 0.6 is 0 Å². The van der Waals surface area contributed by atoms with E-state index in [2.05, 4.69) is 15.5 Å². The average molecular weight is 446 g/mol. The number of benzene rings is 3. The lowest BCUT2D eigenvalue weighted by Gasteiger charge is -2.35. The summed E-state index contributed by atoms with van der Waals surface area (Å²) >= 11 is 0. The molecule has 5 nitrogen and oxygen atoms in total. The summed E-state index contributed by atoms with van der Waals surface area (Å²) in [6.45, 7) is 3.69. The molecular formula is C27H28FN3O2. The zero-order chi connectivity index (χ0) is 23.2. The molecule has 0 spiro atoms. The molecule has 1 saturated heterocycles. The van der Waals surface area contributed by atoms with Crippen molar-refractivity contribution in [2.75, 3.05) is 18.0 Å². The van der Waals surface area contributed by atoms with Gasteiger partial charge in [0.2, 0.25) is 0 Å². The van der Waals surface area contributed by atoms with Crippen LogP contribution in [0.1, 0.15) is 44.7 Å². The number of carbonyl (C=O) groups excluding carboxylic acids is 2. The maximum atomic E-state index is 13.4. The standard InChI is InChI=1S/C27H28FN3O2/c1-19-7-2-3-10-23(19)27(33)30-22-13-15-31(16-14-22)25-12-5-4-11-24(25)26(32)29-18-20-8-6-9-21(28)17-20/h2-12,17,22H,13-16,18H2,1H3,(H,29,32)(H,30,33). The van der Waals surface area contributed by atoms with Crippen molar-refractivity contribution >= 4 is 17.5 Å². The van der Waals surface area contributed by atoms with Crippen LogP contribution in [0.3, 0.4) is 0 Å². The third kappa shape index (κ3) is 5.58. The first-order valence-electron chi connectivity index (χ1n) is 11.2. The maximum Gasteiger partial charge on any atom is 0.253 e. The second-order valence-corrected chi connectivity index (χ2v) is 8.38. The summed E-state index contributed by atoms with van der Waals surface area (Å²) in [5, 5.41) is 6.04. The van der Waals surface area contributed by atoms with Gasteiger partial charge in [0, 0.05) is 36.9 Å². The third-order valence-electron chi connectivity index (χ3n) is 6.05. The van der Waals surface area contributed by atoms with Crippen molar-refractivity contribution in [1.29, 1.82) is 0 Å². The van der Waals surface area contributed by atoms with Gasteiger partial charge in [-0.15, -0.1) is 0 Å². The number of aryl methyl sites for hydroxylation is 1. The van der Waals surface area contributed by atoms with Gasteiger partial charge in [-0.2, -0.15) is 0 Å². The molecule has 33 heavy (non-hydrogen) atoms. The lowest BCUT2D eigenvalue weighted by atomic mass is 10.0. The monoisotopic (exact) mass is 445 g/mol. The highest BCUT2D eigenvalue weighted by Gasteiger charge is 2.24. The Hall–Kier alpha value is -3.67. The van der Waals surface area contributed by atoms with Gasteiger partial charge in [0.25, 0.3) is 11.8 Å². The van der Waals surface area contributed by atoms with Crippen molar-refractivity contribution in [1.82, 2.24) is 10.6 Å². The number of hydrogen-bond acceptors (Lipinski definition) is 3. The molecule has 0 aromatic heterocycles. The summed E-state index contributed by atoms with van der Waals surface area (Å²) in [5.41, 5.74) is 3.85. The lowest BCUT2D eigenvalue weighted by molar-refractivity contribution is 0.0929. The van der Waals surface area contributed by atoms with Crippen LogP contribution in [0.5, 0.6) is 0 Å². The van der Waals surface area contributed by atoms with Crippen LogP contribution in [0, 0.1) is 12.7 Å². The van der Waals surface area contributed by atoms with E-state index in [1.807, 2.05) is 55.5 Å². The number of halogens is 1. The van der Waals surface area contributed by atoms with Crippen molar-refractivity contribution in [3.8, 4) is 0 Å². The predicted octanol–water partition coefficient (Wildman–Crippen LogP) is 4.46. The van der Waals surface area contributed by atoms with Crippen LogP contribution in [0.15, 0.2) is 72.8 Å². The minimum Gasteiger partial charge on any atom is -0.371 e. The van der Waals surface area contributed by atoms with Crippen LogP contribution in [0.2, 0.25) is 0 Å². The number of para-hydroxylation sites is 1. The van der Waals surface area contributed by atoms with E-state index >= 15 is 0 Å². The van der Waals surface area contributed by atoms with E-state index in [0.717, 1.165) is 37.2 Å². The Bertz CT molecular complexity index is 1140. The molecule has 3 aromatic rings. The van der Waals surface area contributed by atoms with Crippen LogP contribution in [0.25, 0.3) is 0 Å². The van der Waals surface area contributed by atoms with Crippen molar-refractivity contribution in [3.63, 3.8) is 0 Å². The first kappa shape index (κ1) is 22.5. The molecule has 0 atom stereocenters. The second-order valence-electron chi connectivity index (χ2n) is 8.38. The quantitative estimate of drug-likeness (QED) is 0.589. The first-order valence-corrected chi connectivity index (χ1v) is 11.2. The van der Waals surface area contributed by atoms with Gasteiger partial charge in [-0.1, -0.05) is 42.5 Å². The summed E-state index contributed by atoms with van der Waals surface area (Å²) in [7, 11) is 0. The molecule has 6 heteroatoms. The van der Waals surface area contributed by atoms with E-state index in [0.29, 0.717) is 16.7 Å². The van der Waals surface area contributed by atoms with E-state index in [9.17, 15) is 14.0 Å². The summed E-state index contributed by atoms with van der Waals surface area (Å²) < 4.78 is 13.4. The van der Waals surface area contributed by atoms with Crippen molar-refractivity contribution in [3.05, 3.63) is 101 Å². The van der Waals surface area contributed by atoms with Crippen LogP contribution < -0.4 is 15.5 Å². The molecule has 0 aliphatic carbocycles. The van der Waals surface area contributed by atoms with Gasteiger partial charge >= 0.3 is 0 Å². The fourth-order valence-electron chi connectivity index (χ4n) is 4.22. The Morgan fingerprint density at radius 3 is 2.33 bits per heavy atom. The van der Waals surface area contributed by atoms with Crippen LogP contribution in [-0.4, -0.2) is 30.9 Å². The zero-order valence-electron chi connectivity index (χ0n) is 18.7. The number of nitrogens with one attached hydrogen (secondary N) is 2. The number of rotatable bonds is 6. The molecule has 1 heterocycles. The molecule has 3 aromatic carbocycles. The third-order valence-corrected chi connectivity index (χ3v) is 6.05. The molecule has 4 rings (SSSR count). The van der Waals surface area contributed by atoms with Gasteiger partial charge in [0.1, 0.15) is 5.82 Å². The molecule has 1 aliphatic rings. The molecule has 0 bridgehead atoms. The molecule has 1 fully saturated rings. The summed E-state index contributed by atoms with van der Waals surface area (Å²) in [5.74, 6) is -0.548. The SMILES string of the molecule is Cc1ccccc1C(=O)NC1CCN(c2ccccc2C(=O)NCc2cccc(F)c2)CC1. The normalized spacial score (nSPS) is 14.1. The van der Waals surface area contributed by atoms with Crippen LogP contribution in [-0.2, 0) is 6.54 Å². The number of nitrogens with zero attached hydrogens (tertiary/aromatic N) is 1. The summed E-state index contributed by atoms with van der Waals surface area (Å²) in [6.07, 6.45) is 1.60. The minimum absolute atomic E-state index is 0.0383. The predicted molar refractivity (Wildman–Crippen MR) is 128 cm³/mol. The van der Waals surface area contributed by atoms with Gasteiger partial charge in [-0.05, 0) is 61.2 Å². The number of hydrogen-bond donors (Lipinski definition) is 2. The molecular weight excluding hydrogens is 417 g/mol. The Morgan fingerprint density at radius 2 is 1.61 bits per heavy atom. The lowest BCUT2D eigenvalue weighted by Crippen LogP contribution is -2.45. The van der Waals surface area contributed by atoms with Crippen molar-refractivity contribution < 1.29 is 14.0 Å². The summed E-state index contributed by atoms with van der Waals surface area (Å²) in [6, 6.07) is 21.4. The molecule has 170 valence electrons. The van der Waals surface area contributed by atoms with Crippen molar-refractivity contribution in [2.45, 2.75) is 32.4 Å². The highest BCUT2D eigenvalue weighted by molar-refractivity contribution is 6.00. The van der Waals surface area contributed by atoms with Gasteiger partial charge < -0.3 is 15.5 Å². The van der Waals surface area contributed by atoms with E-state index in [1.165, 1.54) is 12.1 Å². The van der Waals surface area contributed by atoms with Gasteiger partial charge in [-0.3, -0.25) is 9.59 Å². The Morgan fingerprint density at radius 1 is 0.909 bits per heavy atom. The molecule has 2 amide bonds. The first-order chi connectivity index (χ1) is 16.0. The Balaban J connectivity index is 1.36. The number of piperidine rings is 1. The summed E-state index contributed by atoms with van der Waals surface area (Å²) in [4.78, 5) is 27.7. The van der Waals surface area contributed by atoms with Gasteiger partial charge in [0.15, 0.2) is 0 Å². The van der Waals surface area contributed by atoms with E-state index in [-0.39, 0.29) is 30.2 Å². The Labute approximate surface area is 193 Å². The Kier molecular flexibility index (Phi) is 7.03. The average Bonchev–Trinajstić information content (AvgIpc) is 2.83. The topological polar surface area (TPSA) is 61.4 Å². The molecule has 0 saturated carbocycles.